The lowest BCUT2D eigenvalue weighted by Gasteiger charge is -2.06. The van der Waals surface area contributed by atoms with E-state index in [0.717, 1.165) is 0 Å². The summed E-state index contributed by atoms with van der Waals surface area (Å²) in [7, 11) is 0. The first-order valence-electron chi connectivity index (χ1n) is 6.25. The van der Waals surface area contributed by atoms with Gasteiger partial charge < -0.3 is 22.3 Å². The Morgan fingerprint density at radius 2 is 1.86 bits per heavy atom. The molecule has 0 radical (unpaired) electrons. The monoisotopic (exact) mass is 388 g/mol. The van der Waals surface area contributed by atoms with Crippen molar-refractivity contribution in [3.63, 3.8) is 0 Å². The summed E-state index contributed by atoms with van der Waals surface area (Å²) in [6.45, 7) is 2.64. The molecule has 1 amide bonds. The van der Waals surface area contributed by atoms with Crippen molar-refractivity contribution in [1.29, 1.82) is 0 Å². The summed E-state index contributed by atoms with van der Waals surface area (Å²) in [5.74, 6) is -0.0951. The second-order valence-electron chi connectivity index (χ2n) is 4.54. The van der Waals surface area contributed by atoms with E-state index in [2.05, 4.69) is 5.32 Å². The predicted molar refractivity (Wildman–Crippen MR) is 81.1 cm³/mol. The Bertz CT molecular complexity index is 618. The van der Waals surface area contributed by atoms with Gasteiger partial charge in [0.25, 0.3) is 0 Å². The number of aromatic nitrogens is 1. The van der Waals surface area contributed by atoms with Crippen molar-refractivity contribution >= 4 is 34.8 Å². The fourth-order valence-electron chi connectivity index (χ4n) is 1.72. The molecule has 1 aromatic heterocycles. The van der Waals surface area contributed by atoms with E-state index in [0.29, 0.717) is 28.7 Å². The van der Waals surface area contributed by atoms with E-state index >= 15 is 0 Å². The molecule has 3 nitrogen and oxygen atoms in total. The molecule has 6 heteroatoms. The van der Waals surface area contributed by atoms with Gasteiger partial charge in [0, 0.05) is 17.2 Å². The number of benzene rings is 1. The van der Waals surface area contributed by atoms with Gasteiger partial charge in [0.15, 0.2) is 18.9 Å². The average Bonchev–Trinajstić information content (AvgIpc) is 2.42. The van der Waals surface area contributed by atoms with Gasteiger partial charge in [0.1, 0.15) is 0 Å². The molecule has 0 fully saturated rings. The smallest absolute Gasteiger partial charge is 0.230 e. The number of carbonyl (C=O) groups is 1. The maximum absolute atomic E-state index is 11.9. The number of halogens is 3. The van der Waals surface area contributed by atoms with Crippen molar-refractivity contribution < 1.29 is 26.3 Å². The number of pyridine rings is 1. The summed E-state index contributed by atoms with van der Waals surface area (Å²) in [6.07, 6.45) is 4.28. The third-order valence-electron chi connectivity index (χ3n) is 2.86. The zero-order valence-electron chi connectivity index (χ0n) is 11.4. The van der Waals surface area contributed by atoms with E-state index in [9.17, 15) is 4.79 Å². The molecule has 0 atom stereocenters. The van der Waals surface area contributed by atoms with Gasteiger partial charge in [-0.15, -0.1) is 0 Å². The van der Waals surface area contributed by atoms with Gasteiger partial charge in [0.2, 0.25) is 5.91 Å². The van der Waals surface area contributed by atoms with Crippen LogP contribution in [-0.4, -0.2) is 5.91 Å². The van der Waals surface area contributed by atoms with Crippen LogP contribution < -0.4 is 26.9 Å². The van der Waals surface area contributed by atoms with Gasteiger partial charge >= 0.3 is 0 Å². The summed E-state index contributed by atoms with van der Waals surface area (Å²) in [6, 6.07) is 8.99. The van der Waals surface area contributed by atoms with E-state index in [-0.39, 0.29) is 22.9 Å². The van der Waals surface area contributed by atoms with Crippen LogP contribution >= 0.6 is 23.2 Å². The highest BCUT2D eigenvalue weighted by atomic mass is 79.9. The van der Waals surface area contributed by atoms with E-state index in [4.69, 9.17) is 23.2 Å². The Labute approximate surface area is 144 Å². The lowest BCUT2D eigenvalue weighted by atomic mass is 10.3. The van der Waals surface area contributed by atoms with Gasteiger partial charge in [-0.05, 0) is 30.7 Å². The molecule has 0 saturated carbocycles. The number of aryl methyl sites for hydroxylation is 2. The average molecular weight is 390 g/mol. The van der Waals surface area contributed by atoms with Crippen molar-refractivity contribution in [2.75, 3.05) is 5.32 Å². The summed E-state index contributed by atoms with van der Waals surface area (Å²) in [4.78, 5) is 11.9. The van der Waals surface area contributed by atoms with Crippen molar-refractivity contribution in [3.05, 3.63) is 58.3 Å². The number of hydrogen-bond donors (Lipinski definition) is 1. The van der Waals surface area contributed by atoms with E-state index < -0.39 is 0 Å². The highest BCUT2D eigenvalue weighted by Crippen LogP contribution is 2.25. The van der Waals surface area contributed by atoms with E-state index in [1.54, 1.807) is 18.2 Å². The number of nitrogens with one attached hydrogen (secondary N) is 1. The highest BCUT2D eigenvalue weighted by Gasteiger charge is 2.09. The Morgan fingerprint density at radius 3 is 2.52 bits per heavy atom. The minimum absolute atomic E-state index is 0. The molecule has 0 aliphatic heterocycles. The van der Waals surface area contributed by atoms with Crippen LogP contribution in [0.25, 0.3) is 0 Å². The first-order chi connectivity index (χ1) is 9.54. The molecule has 1 aromatic carbocycles. The fraction of sp³-hybridized carbons (Fsp3) is 0.200. The molecule has 2 aromatic rings. The molecule has 0 aliphatic rings. The molecule has 0 spiro atoms. The highest BCUT2D eigenvalue weighted by molar-refractivity contribution is 6.35. The summed E-state index contributed by atoms with van der Waals surface area (Å²) < 4.78 is 1.96. The zero-order valence-corrected chi connectivity index (χ0v) is 14.5. The maximum Gasteiger partial charge on any atom is 0.230 e. The molecule has 0 saturated heterocycles. The van der Waals surface area contributed by atoms with Crippen LogP contribution in [0, 0.1) is 6.92 Å². The van der Waals surface area contributed by atoms with Crippen molar-refractivity contribution in [1.82, 2.24) is 0 Å². The predicted octanol–water partition coefficient (Wildman–Crippen LogP) is 0.622. The Kier molecular flexibility index (Phi) is 7.15. The molecule has 0 aliphatic carbocycles. The van der Waals surface area contributed by atoms with Gasteiger partial charge in [-0.3, -0.25) is 4.79 Å². The Morgan fingerprint density at radius 1 is 1.19 bits per heavy atom. The molecule has 2 rings (SSSR count). The topological polar surface area (TPSA) is 33.0 Å². The lowest BCUT2D eigenvalue weighted by Crippen LogP contribution is -3.00. The van der Waals surface area contributed by atoms with Gasteiger partial charge in [-0.2, -0.15) is 0 Å². The molecule has 0 unspecified atom stereocenters. The van der Waals surface area contributed by atoms with Gasteiger partial charge in [-0.1, -0.05) is 23.2 Å². The molecular formula is C15H15BrCl2N2O. The third kappa shape index (κ3) is 5.65. The molecule has 1 N–H and O–H groups in total. The summed E-state index contributed by atoms with van der Waals surface area (Å²) in [5, 5.41) is 3.78. The first-order valence-corrected chi connectivity index (χ1v) is 7.01. The second-order valence-corrected chi connectivity index (χ2v) is 5.38. The van der Waals surface area contributed by atoms with Gasteiger partial charge in [0.05, 0.1) is 17.1 Å². The van der Waals surface area contributed by atoms with E-state index in [1.807, 2.05) is 36.0 Å². The SMILES string of the molecule is Cc1cc[n+](CCC(=O)Nc2cc(Cl)ccc2Cl)cc1.[Br-]. The first kappa shape index (κ1) is 18.0. The molecular weight excluding hydrogens is 375 g/mol. The number of hydrogen-bond acceptors (Lipinski definition) is 1. The largest absolute Gasteiger partial charge is 1.00 e. The van der Waals surface area contributed by atoms with Crippen LogP contribution in [0.3, 0.4) is 0 Å². The normalized spacial score (nSPS) is 9.86. The minimum Gasteiger partial charge on any atom is -1.00 e. The maximum atomic E-state index is 11.9. The van der Waals surface area contributed by atoms with Gasteiger partial charge in [-0.25, -0.2) is 4.57 Å². The Balaban J connectivity index is 0.00000220. The van der Waals surface area contributed by atoms with Crippen molar-refractivity contribution in [2.24, 2.45) is 0 Å². The van der Waals surface area contributed by atoms with Crippen LogP contribution in [0.4, 0.5) is 5.69 Å². The van der Waals surface area contributed by atoms with Crippen LogP contribution in [0.2, 0.25) is 10.0 Å². The number of anilines is 1. The van der Waals surface area contributed by atoms with Crippen molar-refractivity contribution in [3.8, 4) is 0 Å². The number of amides is 1. The second kappa shape index (κ2) is 8.37. The van der Waals surface area contributed by atoms with Crippen LogP contribution in [0.5, 0.6) is 0 Å². The number of carbonyl (C=O) groups excluding carboxylic acids is 1. The van der Waals surface area contributed by atoms with Crippen LogP contribution in [-0.2, 0) is 11.3 Å². The minimum atomic E-state index is -0.0951. The zero-order chi connectivity index (χ0) is 14.5. The number of nitrogens with zero attached hydrogens (tertiary/aromatic N) is 1. The van der Waals surface area contributed by atoms with Crippen LogP contribution in [0.1, 0.15) is 12.0 Å². The quantitative estimate of drug-likeness (QED) is 0.764. The Hall–Kier alpha value is -1.10. The molecule has 21 heavy (non-hydrogen) atoms. The molecule has 112 valence electrons. The fourth-order valence-corrected chi connectivity index (χ4v) is 2.05. The van der Waals surface area contributed by atoms with E-state index in [1.165, 1.54) is 5.56 Å². The standard InChI is InChI=1S/C15H14Cl2N2O.BrH/c1-11-4-7-19(8-5-11)9-6-15(20)18-14-10-12(16)2-3-13(14)17;/h2-5,7-8,10H,6,9H2,1H3;1H. The lowest BCUT2D eigenvalue weighted by molar-refractivity contribution is -0.695. The van der Waals surface area contributed by atoms with Crippen molar-refractivity contribution in [2.45, 2.75) is 19.9 Å². The molecule has 1 heterocycles. The number of rotatable bonds is 4. The third-order valence-corrected chi connectivity index (χ3v) is 3.42. The van der Waals surface area contributed by atoms with Crippen LogP contribution in [0.15, 0.2) is 42.7 Å². The summed E-state index contributed by atoms with van der Waals surface area (Å²) >= 11 is 11.9. The summed E-state index contributed by atoms with van der Waals surface area (Å²) in [5.41, 5.74) is 1.73. The molecule has 0 bridgehead atoms.